The van der Waals surface area contributed by atoms with Crippen molar-refractivity contribution in [3.8, 4) is 5.82 Å². The van der Waals surface area contributed by atoms with E-state index in [1.54, 1.807) is 6.20 Å². The van der Waals surface area contributed by atoms with E-state index in [4.69, 9.17) is 12.2 Å². The molecule has 2 rings (SSSR count). The van der Waals surface area contributed by atoms with E-state index in [1.165, 1.54) is 0 Å². The van der Waals surface area contributed by atoms with Gasteiger partial charge in [-0.25, -0.2) is 9.67 Å². The van der Waals surface area contributed by atoms with Gasteiger partial charge in [0.2, 0.25) is 0 Å². The van der Waals surface area contributed by atoms with Gasteiger partial charge in [-0.2, -0.15) is 0 Å². The van der Waals surface area contributed by atoms with Gasteiger partial charge in [0.15, 0.2) is 5.82 Å². The van der Waals surface area contributed by atoms with Gasteiger partial charge in [0, 0.05) is 11.9 Å². The summed E-state index contributed by atoms with van der Waals surface area (Å²) in [4.78, 5) is 4.22. The number of aryl methyl sites for hydroxylation is 1. The lowest BCUT2D eigenvalue weighted by Crippen LogP contribution is -1.99. The average Bonchev–Trinajstić information content (AvgIpc) is 2.61. The molecule has 72 valence electrons. The molecule has 0 radical (unpaired) electrons. The molecule has 0 aromatic carbocycles. The summed E-state index contributed by atoms with van der Waals surface area (Å²) >= 11 is 5.21. The zero-order valence-corrected chi connectivity index (χ0v) is 8.71. The standard InChI is InChI=1S/C10H11N3S/c1-2-8-7-10(14)13(12-8)9-5-3-4-6-11-9/h3-7,12H,2H2,1H3. The van der Waals surface area contributed by atoms with Gasteiger partial charge in [-0.15, -0.1) is 0 Å². The molecule has 0 saturated heterocycles. The molecule has 1 N–H and O–H groups in total. The number of hydrogen-bond donors (Lipinski definition) is 1. The first-order chi connectivity index (χ1) is 6.81. The van der Waals surface area contributed by atoms with Crippen LogP contribution in [0.15, 0.2) is 30.5 Å². The Morgan fingerprint density at radius 1 is 1.50 bits per heavy atom. The summed E-state index contributed by atoms with van der Waals surface area (Å²) in [6.45, 7) is 2.09. The van der Waals surface area contributed by atoms with Crippen LogP contribution in [0.25, 0.3) is 5.82 Å². The van der Waals surface area contributed by atoms with Gasteiger partial charge in [-0.3, -0.25) is 5.10 Å². The molecule has 2 aromatic rings. The molecule has 2 heterocycles. The molecule has 14 heavy (non-hydrogen) atoms. The van der Waals surface area contributed by atoms with Crippen molar-refractivity contribution < 1.29 is 0 Å². The molecular weight excluding hydrogens is 194 g/mol. The predicted octanol–water partition coefficient (Wildman–Crippen LogP) is 2.49. The van der Waals surface area contributed by atoms with Crippen molar-refractivity contribution in [1.29, 1.82) is 0 Å². The van der Waals surface area contributed by atoms with Crippen LogP contribution in [0, 0.1) is 4.64 Å². The zero-order chi connectivity index (χ0) is 9.97. The van der Waals surface area contributed by atoms with Crippen LogP contribution in [-0.2, 0) is 6.42 Å². The van der Waals surface area contributed by atoms with Gasteiger partial charge < -0.3 is 0 Å². The normalized spacial score (nSPS) is 10.4. The number of aromatic amines is 1. The van der Waals surface area contributed by atoms with Crippen molar-refractivity contribution in [2.75, 3.05) is 0 Å². The molecule has 0 saturated carbocycles. The Morgan fingerprint density at radius 2 is 2.36 bits per heavy atom. The monoisotopic (exact) mass is 205 g/mol. The lowest BCUT2D eigenvalue weighted by molar-refractivity contribution is 0.808. The molecule has 2 aromatic heterocycles. The molecule has 0 fully saturated rings. The summed E-state index contributed by atoms with van der Waals surface area (Å²) in [6, 6.07) is 7.71. The second-order valence-corrected chi connectivity index (χ2v) is 3.41. The van der Waals surface area contributed by atoms with E-state index < -0.39 is 0 Å². The van der Waals surface area contributed by atoms with Crippen molar-refractivity contribution in [3.05, 3.63) is 40.8 Å². The van der Waals surface area contributed by atoms with E-state index in [9.17, 15) is 0 Å². The minimum atomic E-state index is 0.764. The molecule has 0 aliphatic heterocycles. The fourth-order valence-electron chi connectivity index (χ4n) is 1.28. The quantitative estimate of drug-likeness (QED) is 0.764. The Kier molecular flexibility index (Phi) is 2.45. The second-order valence-electron chi connectivity index (χ2n) is 3.00. The first kappa shape index (κ1) is 9.15. The highest BCUT2D eigenvalue weighted by Crippen LogP contribution is 2.06. The van der Waals surface area contributed by atoms with Crippen LogP contribution in [0.5, 0.6) is 0 Å². The maximum absolute atomic E-state index is 5.21. The number of hydrogen-bond acceptors (Lipinski definition) is 2. The first-order valence-corrected chi connectivity index (χ1v) is 4.94. The lowest BCUT2D eigenvalue weighted by Gasteiger charge is -2.00. The number of nitrogens with one attached hydrogen (secondary N) is 1. The topological polar surface area (TPSA) is 33.6 Å². The molecule has 4 heteroatoms. The SMILES string of the molecule is CCc1cc(=S)n(-c2ccccn2)[nH]1. The van der Waals surface area contributed by atoms with Gasteiger partial charge in [0.1, 0.15) is 4.64 Å². The molecule has 0 spiro atoms. The van der Waals surface area contributed by atoms with Crippen molar-refractivity contribution >= 4 is 12.2 Å². The number of pyridine rings is 1. The maximum atomic E-state index is 5.21. The molecule has 3 nitrogen and oxygen atoms in total. The molecule has 0 aliphatic rings. The van der Waals surface area contributed by atoms with E-state index in [1.807, 2.05) is 28.9 Å². The number of rotatable bonds is 2. The smallest absolute Gasteiger partial charge is 0.152 e. The van der Waals surface area contributed by atoms with Crippen molar-refractivity contribution in [1.82, 2.24) is 14.8 Å². The van der Waals surface area contributed by atoms with Gasteiger partial charge in [0.25, 0.3) is 0 Å². The largest absolute Gasteiger partial charge is 0.296 e. The maximum Gasteiger partial charge on any atom is 0.152 e. The van der Waals surface area contributed by atoms with Crippen LogP contribution in [-0.4, -0.2) is 14.8 Å². The van der Waals surface area contributed by atoms with Crippen LogP contribution in [0.1, 0.15) is 12.6 Å². The molecule has 0 atom stereocenters. The van der Waals surface area contributed by atoms with Crippen molar-refractivity contribution in [2.24, 2.45) is 0 Å². The van der Waals surface area contributed by atoms with Crippen LogP contribution in [0.3, 0.4) is 0 Å². The highest BCUT2D eigenvalue weighted by molar-refractivity contribution is 7.71. The molecular formula is C10H11N3S. The summed E-state index contributed by atoms with van der Waals surface area (Å²) in [7, 11) is 0. The minimum absolute atomic E-state index is 0.764. The van der Waals surface area contributed by atoms with Crippen LogP contribution < -0.4 is 0 Å². The van der Waals surface area contributed by atoms with E-state index in [0.717, 1.165) is 22.6 Å². The predicted molar refractivity (Wildman–Crippen MR) is 58.1 cm³/mol. The van der Waals surface area contributed by atoms with Crippen LogP contribution >= 0.6 is 12.2 Å². The van der Waals surface area contributed by atoms with Crippen molar-refractivity contribution in [3.63, 3.8) is 0 Å². The summed E-state index contributed by atoms with van der Waals surface area (Å²) in [6.07, 6.45) is 2.70. The minimum Gasteiger partial charge on any atom is -0.296 e. The second kappa shape index (κ2) is 3.75. The van der Waals surface area contributed by atoms with Crippen LogP contribution in [0.4, 0.5) is 0 Å². The average molecular weight is 205 g/mol. The summed E-state index contributed by atoms with van der Waals surface area (Å²) in [5.74, 6) is 0.831. The summed E-state index contributed by atoms with van der Waals surface area (Å²) in [5.41, 5.74) is 1.13. The lowest BCUT2D eigenvalue weighted by atomic mass is 10.4. The van der Waals surface area contributed by atoms with Gasteiger partial charge in [-0.05, 0) is 24.6 Å². The fourth-order valence-corrected chi connectivity index (χ4v) is 1.56. The number of nitrogens with zero attached hydrogens (tertiary/aromatic N) is 2. The molecule has 0 unspecified atom stereocenters. The Hall–Kier alpha value is -1.42. The Balaban J connectivity index is 2.52. The van der Waals surface area contributed by atoms with Crippen LogP contribution in [0.2, 0.25) is 0 Å². The van der Waals surface area contributed by atoms with Gasteiger partial charge in [-0.1, -0.05) is 25.2 Å². The van der Waals surface area contributed by atoms with Gasteiger partial charge >= 0.3 is 0 Å². The fraction of sp³-hybridized carbons (Fsp3) is 0.200. The molecule has 0 bridgehead atoms. The third-order valence-corrected chi connectivity index (χ3v) is 2.33. The van der Waals surface area contributed by atoms with Gasteiger partial charge in [0.05, 0.1) is 0 Å². The molecule has 0 amide bonds. The summed E-state index contributed by atoms with van der Waals surface area (Å²) in [5, 5.41) is 3.20. The number of H-pyrrole nitrogens is 1. The third kappa shape index (κ3) is 1.61. The summed E-state index contributed by atoms with van der Waals surface area (Å²) < 4.78 is 2.58. The van der Waals surface area contributed by atoms with E-state index in [0.29, 0.717) is 0 Å². The molecule has 0 aliphatic carbocycles. The Morgan fingerprint density at radius 3 is 2.93 bits per heavy atom. The number of aromatic nitrogens is 3. The van der Waals surface area contributed by atoms with Crippen molar-refractivity contribution in [2.45, 2.75) is 13.3 Å². The highest BCUT2D eigenvalue weighted by Gasteiger charge is 2.00. The van der Waals surface area contributed by atoms with E-state index >= 15 is 0 Å². The first-order valence-electron chi connectivity index (χ1n) is 4.53. The Labute approximate surface area is 87.4 Å². The third-order valence-electron chi connectivity index (χ3n) is 2.03. The highest BCUT2D eigenvalue weighted by atomic mass is 32.1. The Bertz CT molecular complexity index is 470. The zero-order valence-electron chi connectivity index (χ0n) is 7.90. The van der Waals surface area contributed by atoms with E-state index in [2.05, 4.69) is 17.0 Å². The van der Waals surface area contributed by atoms with E-state index in [-0.39, 0.29) is 0 Å².